The van der Waals surface area contributed by atoms with Crippen LogP contribution in [0.3, 0.4) is 0 Å². The Balaban J connectivity index is 1.51. The molecule has 0 bridgehead atoms. The minimum absolute atomic E-state index is 0.0246. The highest BCUT2D eigenvalue weighted by molar-refractivity contribution is 5.92. The number of rotatable bonds is 5. The lowest BCUT2D eigenvalue weighted by atomic mass is 10.1. The summed E-state index contributed by atoms with van der Waals surface area (Å²) in [5, 5.41) is 14.7. The molecule has 3 aromatic heterocycles. The SMILES string of the molecule is O=C(O)Cc1ccn(-c2cncc(-n3ncc4c(N5CCCCC5)cccc43)n2)c1. The van der Waals surface area contributed by atoms with Crippen molar-refractivity contribution in [2.24, 2.45) is 0 Å². The average molecular weight is 402 g/mol. The molecular formula is C22H22N6O2. The molecule has 1 saturated heterocycles. The van der Waals surface area contributed by atoms with Gasteiger partial charge in [-0.2, -0.15) is 5.10 Å². The number of fused-ring (bicyclic) bond motifs is 1. The fourth-order valence-electron chi connectivity index (χ4n) is 4.06. The molecule has 0 aliphatic carbocycles. The first-order chi connectivity index (χ1) is 14.7. The molecular weight excluding hydrogens is 380 g/mol. The van der Waals surface area contributed by atoms with Crippen LogP contribution in [0.15, 0.2) is 55.2 Å². The fraction of sp³-hybridized carbons (Fsp3) is 0.273. The summed E-state index contributed by atoms with van der Waals surface area (Å²) in [7, 11) is 0. The summed E-state index contributed by atoms with van der Waals surface area (Å²) in [6.07, 6.45) is 12.5. The zero-order chi connectivity index (χ0) is 20.5. The molecule has 30 heavy (non-hydrogen) atoms. The van der Waals surface area contributed by atoms with E-state index in [1.807, 2.05) is 12.3 Å². The van der Waals surface area contributed by atoms with Gasteiger partial charge in [-0.15, -0.1) is 0 Å². The third-order valence-corrected chi connectivity index (χ3v) is 5.49. The first-order valence-electron chi connectivity index (χ1n) is 10.1. The summed E-state index contributed by atoms with van der Waals surface area (Å²) in [4.78, 5) is 22.4. The van der Waals surface area contributed by atoms with Gasteiger partial charge in [0.15, 0.2) is 11.6 Å². The molecule has 152 valence electrons. The van der Waals surface area contributed by atoms with Crippen LogP contribution in [0.1, 0.15) is 24.8 Å². The molecule has 0 amide bonds. The first-order valence-corrected chi connectivity index (χ1v) is 10.1. The maximum atomic E-state index is 10.9. The lowest BCUT2D eigenvalue weighted by Crippen LogP contribution is -2.29. The molecule has 1 N–H and O–H groups in total. The lowest BCUT2D eigenvalue weighted by Gasteiger charge is -2.29. The predicted octanol–water partition coefficient (Wildman–Crippen LogP) is 3.22. The Bertz CT molecular complexity index is 1210. The van der Waals surface area contributed by atoms with E-state index in [0.717, 1.165) is 24.0 Å². The van der Waals surface area contributed by atoms with E-state index >= 15 is 0 Å². The van der Waals surface area contributed by atoms with Gasteiger partial charge in [0.05, 0.1) is 30.5 Å². The van der Waals surface area contributed by atoms with E-state index in [0.29, 0.717) is 17.2 Å². The standard InChI is InChI=1S/C22H22N6O2/c29-22(30)11-16-7-10-27(15-16)20-13-23-14-21(25-20)28-19-6-4-5-18(17(19)12-24-28)26-8-2-1-3-9-26/h4-7,10,12-15H,1-3,8-9,11H2,(H,29,30). The summed E-state index contributed by atoms with van der Waals surface area (Å²) in [5.74, 6) is 0.367. The normalized spacial score (nSPS) is 14.3. The lowest BCUT2D eigenvalue weighted by molar-refractivity contribution is -0.136. The van der Waals surface area contributed by atoms with E-state index in [9.17, 15) is 4.79 Å². The largest absolute Gasteiger partial charge is 0.481 e. The van der Waals surface area contributed by atoms with Gasteiger partial charge in [0.25, 0.3) is 0 Å². The summed E-state index contributed by atoms with van der Waals surface area (Å²) >= 11 is 0. The maximum absolute atomic E-state index is 10.9. The van der Waals surface area contributed by atoms with Crippen molar-refractivity contribution in [3.63, 3.8) is 0 Å². The number of hydrogen-bond acceptors (Lipinski definition) is 5. The number of hydrogen-bond donors (Lipinski definition) is 1. The highest BCUT2D eigenvalue weighted by atomic mass is 16.4. The molecule has 4 heterocycles. The third kappa shape index (κ3) is 3.41. The van der Waals surface area contributed by atoms with Gasteiger partial charge in [-0.3, -0.25) is 9.78 Å². The van der Waals surface area contributed by atoms with Crippen molar-refractivity contribution >= 4 is 22.6 Å². The number of nitrogens with zero attached hydrogens (tertiary/aromatic N) is 6. The quantitative estimate of drug-likeness (QED) is 0.551. The zero-order valence-corrected chi connectivity index (χ0v) is 16.5. The van der Waals surface area contributed by atoms with Crippen molar-refractivity contribution in [1.82, 2.24) is 24.3 Å². The fourth-order valence-corrected chi connectivity index (χ4v) is 4.06. The van der Waals surface area contributed by atoms with Gasteiger partial charge in [-0.05, 0) is 43.0 Å². The van der Waals surface area contributed by atoms with Gasteiger partial charge in [-0.1, -0.05) is 6.07 Å². The van der Waals surface area contributed by atoms with Crippen LogP contribution >= 0.6 is 0 Å². The Morgan fingerprint density at radius 2 is 1.87 bits per heavy atom. The van der Waals surface area contributed by atoms with Crippen molar-refractivity contribution in [2.45, 2.75) is 25.7 Å². The molecule has 5 rings (SSSR count). The van der Waals surface area contributed by atoms with Crippen LogP contribution in [0.5, 0.6) is 0 Å². The second-order valence-corrected chi connectivity index (χ2v) is 7.55. The molecule has 1 fully saturated rings. The van der Waals surface area contributed by atoms with Gasteiger partial charge in [-0.25, -0.2) is 9.67 Å². The number of carboxylic acid groups (broad SMARTS) is 1. The van der Waals surface area contributed by atoms with Crippen LogP contribution in [0.4, 0.5) is 5.69 Å². The molecule has 8 heteroatoms. The van der Waals surface area contributed by atoms with Crippen molar-refractivity contribution in [3.8, 4) is 11.6 Å². The van der Waals surface area contributed by atoms with E-state index in [-0.39, 0.29) is 6.42 Å². The van der Waals surface area contributed by atoms with Gasteiger partial charge < -0.3 is 14.6 Å². The van der Waals surface area contributed by atoms with Gasteiger partial charge in [0.2, 0.25) is 0 Å². The Morgan fingerprint density at radius 3 is 2.70 bits per heavy atom. The highest BCUT2D eigenvalue weighted by Gasteiger charge is 2.16. The topological polar surface area (TPSA) is 89.1 Å². The Morgan fingerprint density at radius 1 is 1.03 bits per heavy atom. The number of benzene rings is 1. The summed E-state index contributed by atoms with van der Waals surface area (Å²) in [6.45, 7) is 2.15. The molecule has 1 aliphatic rings. The monoisotopic (exact) mass is 402 g/mol. The van der Waals surface area contributed by atoms with Crippen LogP contribution in [0.2, 0.25) is 0 Å². The van der Waals surface area contributed by atoms with Crippen LogP contribution in [-0.2, 0) is 11.2 Å². The van der Waals surface area contributed by atoms with Crippen LogP contribution in [0, 0.1) is 0 Å². The van der Waals surface area contributed by atoms with E-state index < -0.39 is 5.97 Å². The van der Waals surface area contributed by atoms with Crippen molar-refractivity contribution in [2.75, 3.05) is 18.0 Å². The molecule has 0 radical (unpaired) electrons. The van der Waals surface area contributed by atoms with E-state index in [1.165, 1.54) is 24.9 Å². The zero-order valence-electron chi connectivity index (χ0n) is 16.5. The highest BCUT2D eigenvalue weighted by Crippen LogP contribution is 2.30. The average Bonchev–Trinajstić information content (AvgIpc) is 3.41. The number of aromatic nitrogens is 5. The number of piperidine rings is 1. The maximum Gasteiger partial charge on any atom is 0.307 e. The number of aliphatic carboxylic acids is 1. The first kappa shape index (κ1) is 18.4. The molecule has 8 nitrogen and oxygen atoms in total. The molecule has 1 aromatic carbocycles. The Kier molecular flexibility index (Phi) is 4.66. The second kappa shape index (κ2) is 7.62. The molecule has 0 spiro atoms. The smallest absolute Gasteiger partial charge is 0.307 e. The summed E-state index contributed by atoms with van der Waals surface area (Å²) in [6, 6.07) is 8.04. The van der Waals surface area contributed by atoms with Gasteiger partial charge >= 0.3 is 5.97 Å². The van der Waals surface area contributed by atoms with E-state index in [1.54, 1.807) is 40.1 Å². The molecule has 0 atom stereocenters. The molecule has 0 unspecified atom stereocenters. The minimum atomic E-state index is -0.861. The number of carbonyl (C=O) groups is 1. The van der Waals surface area contributed by atoms with Crippen molar-refractivity contribution < 1.29 is 9.90 Å². The Hall–Kier alpha value is -3.68. The molecule has 1 aliphatic heterocycles. The summed E-state index contributed by atoms with van der Waals surface area (Å²) < 4.78 is 3.58. The predicted molar refractivity (Wildman–Crippen MR) is 113 cm³/mol. The number of anilines is 1. The molecule has 4 aromatic rings. The van der Waals surface area contributed by atoms with Gasteiger partial charge in [0, 0.05) is 36.6 Å². The van der Waals surface area contributed by atoms with Crippen LogP contribution in [0.25, 0.3) is 22.5 Å². The van der Waals surface area contributed by atoms with E-state index in [4.69, 9.17) is 10.1 Å². The van der Waals surface area contributed by atoms with Crippen molar-refractivity contribution in [1.29, 1.82) is 0 Å². The van der Waals surface area contributed by atoms with E-state index in [2.05, 4.69) is 27.1 Å². The van der Waals surface area contributed by atoms with Crippen molar-refractivity contribution in [3.05, 3.63) is 60.8 Å². The number of carboxylic acids is 1. The second-order valence-electron chi connectivity index (χ2n) is 7.55. The van der Waals surface area contributed by atoms with Gasteiger partial charge in [0.1, 0.15) is 0 Å². The third-order valence-electron chi connectivity index (χ3n) is 5.49. The molecule has 0 saturated carbocycles. The minimum Gasteiger partial charge on any atom is -0.481 e. The Labute approximate surface area is 173 Å². The van der Waals surface area contributed by atoms with Crippen LogP contribution < -0.4 is 4.90 Å². The van der Waals surface area contributed by atoms with Crippen LogP contribution in [-0.4, -0.2) is 48.5 Å². The summed E-state index contributed by atoms with van der Waals surface area (Å²) in [5.41, 5.74) is 2.92.